The van der Waals surface area contributed by atoms with Crippen molar-refractivity contribution in [1.29, 1.82) is 0 Å². The Morgan fingerprint density at radius 3 is 2.95 bits per heavy atom. The molecule has 0 fully saturated rings. The zero-order chi connectivity index (χ0) is 14.1. The molecule has 0 bridgehead atoms. The lowest BCUT2D eigenvalue weighted by Gasteiger charge is -2.03. The highest BCUT2D eigenvalue weighted by Crippen LogP contribution is 2.13. The number of aromatic nitrogens is 3. The van der Waals surface area contributed by atoms with E-state index in [9.17, 15) is 4.79 Å². The van der Waals surface area contributed by atoms with Crippen molar-refractivity contribution in [3.05, 3.63) is 53.1 Å². The van der Waals surface area contributed by atoms with Gasteiger partial charge in [-0.05, 0) is 18.2 Å². The summed E-state index contributed by atoms with van der Waals surface area (Å²) >= 11 is 5.86. The summed E-state index contributed by atoms with van der Waals surface area (Å²) in [6, 6.07) is 9.38. The zero-order valence-electron chi connectivity index (χ0n) is 10.9. The quantitative estimate of drug-likeness (QED) is 0.778. The van der Waals surface area contributed by atoms with Gasteiger partial charge in [0.15, 0.2) is 0 Å². The molecule has 2 heterocycles. The van der Waals surface area contributed by atoms with Crippen molar-refractivity contribution < 1.29 is 4.79 Å². The van der Waals surface area contributed by atoms with Gasteiger partial charge in [-0.25, -0.2) is 4.98 Å². The third-order valence-electron chi connectivity index (χ3n) is 3.06. The Morgan fingerprint density at radius 1 is 1.45 bits per heavy atom. The lowest BCUT2D eigenvalue weighted by Crippen LogP contribution is -2.25. The van der Waals surface area contributed by atoms with Gasteiger partial charge < -0.3 is 14.9 Å². The van der Waals surface area contributed by atoms with Crippen LogP contribution in [-0.4, -0.2) is 20.4 Å². The van der Waals surface area contributed by atoms with Gasteiger partial charge in [-0.2, -0.15) is 0 Å². The van der Waals surface area contributed by atoms with Crippen LogP contribution >= 0.6 is 11.6 Å². The molecule has 2 N–H and O–H groups in total. The van der Waals surface area contributed by atoms with Crippen molar-refractivity contribution in [3.63, 3.8) is 0 Å². The van der Waals surface area contributed by atoms with Gasteiger partial charge in [0.1, 0.15) is 11.5 Å². The first-order chi connectivity index (χ1) is 9.63. The summed E-state index contributed by atoms with van der Waals surface area (Å²) in [5.74, 6) is 0.541. The fraction of sp³-hybridized carbons (Fsp3) is 0.143. The number of aryl methyl sites for hydroxylation is 1. The molecular formula is C14H13ClN4O. The smallest absolute Gasteiger partial charge is 0.268 e. The highest BCUT2D eigenvalue weighted by molar-refractivity contribution is 6.31. The molecule has 2 aromatic heterocycles. The van der Waals surface area contributed by atoms with E-state index in [1.165, 1.54) is 0 Å². The Kier molecular flexibility index (Phi) is 3.20. The molecule has 0 aliphatic heterocycles. The van der Waals surface area contributed by atoms with Gasteiger partial charge in [-0.3, -0.25) is 4.79 Å². The van der Waals surface area contributed by atoms with Gasteiger partial charge in [0.05, 0.1) is 22.6 Å². The molecule has 20 heavy (non-hydrogen) atoms. The van der Waals surface area contributed by atoms with Crippen LogP contribution in [0.15, 0.2) is 36.5 Å². The Morgan fingerprint density at radius 2 is 2.25 bits per heavy atom. The highest BCUT2D eigenvalue weighted by Gasteiger charge is 2.11. The molecule has 0 atom stereocenters. The van der Waals surface area contributed by atoms with Crippen molar-refractivity contribution in [2.75, 3.05) is 0 Å². The Balaban J connectivity index is 1.73. The van der Waals surface area contributed by atoms with E-state index in [2.05, 4.69) is 15.3 Å². The number of hydrogen-bond donors (Lipinski definition) is 2. The van der Waals surface area contributed by atoms with Gasteiger partial charge in [-0.15, -0.1) is 0 Å². The third-order valence-corrected chi connectivity index (χ3v) is 3.27. The zero-order valence-corrected chi connectivity index (χ0v) is 11.6. The number of aromatic amines is 1. The van der Waals surface area contributed by atoms with Crippen LogP contribution < -0.4 is 5.32 Å². The summed E-state index contributed by atoms with van der Waals surface area (Å²) in [6.45, 7) is 0.344. The van der Waals surface area contributed by atoms with Crippen LogP contribution in [-0.2, 0) is 13.6 Å². The van der Waals surface area contributed by atoms with Gasteiger partial charge in [0, 0.05) is 13.2 Å². The molecular weight excluding hydrogens is 276 g/mol. The van der Waals surface area contributed by atoms with Gasteiger partial charge in [0.2, 0.25) is 0 Å². The predicted octanol–water partition coefficient (Wildman–Crippen LogP) is 2.48. The van der Waals surface area contributed by atoms with Crippen LogP contribution in [0.2, 0.25) is 5.02 Å². The van der Waals surface area contributed by atoms with Gasteiger partial charge in [-0.1, -0.05) is 23.7 Å². The maximum atomic E-state index is 12.0. The molecule has 0 unspecified atom stereocenters. The van der Waals surface area contributed by atoms with Crippen LogP contribution in [0, 0.1) is 0 Å². The minimum Gasteiger partial charge on any atom is -0.345 e. The molecule has 0 spiro atoms. The minimum atomic E-state index is -0.181. The molecule has 1 aromatic carbocycles. The summed E-state index contributed by atoms with van der Waals surface area (Å²) in [4.78, 5) is 19.6. The van der Waals surface area contributed by atoms with E-state index in [1.807, 2.05) is 24.3 Å². The fourth-order valence-corrected chi connectivity index (χ4v) is 2.34. The number of halogens is 1. The molecule has 0 radical (unpaired) electrons. The number of H-pyrrole nitrogens is 1. The molecule has 1 amide bonds. The summed E-state index contributed by atoms with van der Waals surface area (Å²) in [7, 11) is 1.78. The van der Waals surface area contributed by atoms with E-state index in [4.69, 9.17) is 11.6 Å². The SMILES string of the molecule is Cn1cc(Cl)cc1C(=O)NCc1nc2ccccc2[nH]1. The van der Waals surface area contributed by atoms with E-state index < -0.39 is 0 Å². The van der Waals surface area contributed by atoms with E-state index >= 15 is 0 Å². The molecule has 102 valence electrons. The molecule has 6 heteroatoms. The monoisotopic (exact) mass is 288 g/mol. The summed E-state index contributed by atoms with van der Waals surface area (Å²) in [5.41, 5.74) is 2.36. The van der Waals surface area contributed by atoms with Crippen molar-refractivity contribution in [2.24, 2.45) is 7.05 Å². The summed E-state index contributed by atoms with van der Waals surface area (Å²) < 4.78 is 1.69. The largest absolute Gasteiger partial charge is 0.345 e. The van der Waals surface area contributed by atoms with Crippen molar-refractivity contribution in [3.8, 4) is 0 Å². The van der Waals surface area contributed by atoms with Crippen LogP contribution in [0.5, 0.6) is 0 Å². The van der Waals surface area contributed by atoms with E-state index in [0.29, 0.717) is 17.3 Å². The van der Waals surface area contributed by atoms with Crippen molar-refractivity contribution >= 4 is 28.5 Å². The van der Waals surface area contributed by atoms with Gasteiger partial charge in [0.25, 0.3) is 5.91 Å². The molecule has 3 rings (SSSR count). The maximum Gasteiger partial charge on any atom is 0.268 e. The van der Waals surface area contributed by atoms with E-state index in [1.54, 1.807) is 23.9 Å². The second-order valence-electron chi connectivity index (χ2n) is 4.54. The lowest BCUT2D eigenvalue weighted by molar-refractivity contribution is 0.0942. The highest BCUT2D eigenvalue weighted by atomic mass is 35.5. The third kappa shape index (κ3) is 2.40. The second-order valence-corrected chi connectivity index (χ2v) is 4.97. The Labute approximate surface area is 120 Å². The van der Waals surface area contributed by atoms with Crippen molar-refractivity contribution in [1.82, 2.24) is 19.9 Å². The van der Waals surface area contributed by atoms with Crippen LogP contribution in [0.1, 0.15) is 16.3 Å². The summed E-state index contributed by atoms with van der Waals surface area (Å²) in [6.07, 6.45) is 1.69. The first-order valence-corrected chi connectivity index (χ1v) is 6.55. The molecule has 0 aliphatic carbocycles. The number of carbonyl (C=O) groups is 1. The number of nitrogens with zero attached hydrogens (tertiary/aromatic N) is 2. The molecule has 0 saturated carbocycles. The number of hydrogen-bond acceptors (Lipinski definition) is 2. The van der Waals surface area contributed by atoms with E-state index in [-0.39, 0.29) is 5.91 Å². The lowest BCUT2D eigenvalue weighted by atomic mass is 10.3. The number of para-hydroxylation sites is 2. The fourth-order valence-electron chi connectivity index (χ4n) is 2.09. The minimum absolute atomic E-state index is 0.181. The standard InChI is InChI=1S/C14H13ClN4O/c1-19-8-9(15)6-12(19)14(20)16-7-13-17-10-4-2-3-5-11(10)18-13/h2-6,8H,7H2,1H3,(H,16,20)(H,17,18). The average molecular weight is 289 g/mol. The number of amides is 1. The number of fused-ring (bicyclic) bond motifs is 1. The number of rotatable bonds is 3. The van der Waals surface area contributed by atoms with Crippen molar-refractivity contribution in [2.45, 2.75) is 6.54 Å². The molecule has 3 aromatic rings. The van der Waals surface area contributed by atoms with E-state index in [0.717, 1.165) is 16.9 Å². The number of imidazole rings is 1. The molecule has 0 aliphatic rings. The number of carbonyl (C=O) groups excluding carboxylic acids is 1. The topological polar surface area (TPSA) is 62.7 Å². The maximum absolute atomic E-state index is 12.0. The van der Waals surface area contributed by atoms with Crippen LogP contribution in [0.25, 0.3) is 11.0 Å². The Bertz CT molecular complexity index is 741. The first-order valence-electron chi connectivity index (χ1n) is 6.17. The summed E-state index contributed by atoms with van der Waals surface area (Å²) in [5, 5.41) is 3.36. The average Bonchev–Trinajstić information content (AvgIpc) is 2.98. The Hall–Kier alpha value is -2.27. The predicted molar refractivity (Wildman–Crippen MR) is 77.7 cm³/mol. The second kappa shape index (κ2) is 5.02. The first kappa shape index (κ1) is 12.7. The van der Waals surface area contributed by atoms with Crippen LogP contribution in [0.4, 0.5) is 0 Å². The molecule has 0 saturated heterocycles. The number of benzene rings is 1. The van der Waals surface area contributed by atoms with Gasteiger partial charge >= 0.3 is 0 Å². The number of nitrogens with one attached hydrogen (secondary N) is 2. The normalized spacial score (nSPS) is 10.9. The molecule has 5 nitrogen and oxygen atoms in total. The van der Waals surface area contributed by atoms with Crippen LogP contribution in [0.3, 0.4) is 0 Å².